The van der Waals surface area contributed by atoms with Crippen molar-refractivity contribution in [2.75, 3.05) is 12.4 Å². The number of nitrogens with one attached hydrogen (secondary N) is 1. The number of hydrogen-bond donors (Lipinski definition) is 1. The summed E-state index contributed by atoms with van der Waals surface area (Å²) >= 11 is 0. The maximum absolute atomic E-state index is 5.57. The zero-order valence-electron chi connectivity index (χ0n) is 16.7. The number of aromatic nitrogens is 3. The molecule has 0 saturated heterocycles. The van der Waals surface area contributed by atoms with Gasteiger partial charge in [-0.25, -0.2) is 4.98 Å². The minimum atomic E-state index is 0.813. The fourth-order valence-electron chi connectivity index (χ4n) is 3.47. The van der Waals surface area contributed by atoms with Crippen molar-refractivity contribution in [3.8, 4) is 16.9 Å². The van der Waals surface area contributed by atoms with Crippen LogP contribution in [-0.2, 0) is 6.42 Å². The van der Waals surface area contributed by atoms with Gasteiger partial charge in [0.15, 0.2) is 5.65 Å². The number of rotatable bonds is 5. The lowest BCUT2D eigenvalue weighted by molar-refractivity contribution is 0.416. The van der Waals surface area contributed by atoms with Gasteiger partial charge in [-0.15, -0.1) is 0 Å². The van der Waals surface area contributed by atoms with Crippen LogP contribution in [0.3, 0.4) is 0 Å². The molecule has 4 rings (SSSR count). The number of ether oxygens (including phenoxy) is 1. The summed E-state index contributed by atoms with van der Waals surface area (Å²) in [6, 6.07) is 18.5. The van der Waals surface area contributed by atoms with Gasteiger partial charge in [-0.1, -0.05) is 37.3 Å². The van der Waals surface area contributed by atoms with Gasteiger partial charge in [-0.2, -0.15) is 9.61 Å². The number of para-hydroxylation sites is 1. The predicted octanol–water partition coefficient (Wildman–Crippen LogP) is 5.33. The third-order valence-electron chi connectivity index (χ3n) is 4.90. The predicted molar refractivity (Wildman–Crippen MR) is 114 cm³/mol. The van der Waals surface area contributed by atoms with Crippen LogP contribution in [-0.4, -0.2) is 21.7 Å². The molecule has 0 atom stereocenters. The summed E-state index contributed by atoms with van der Waals surface area (Å²) in [6.45, 7) is 6.16. The molecule has 2 heterocycles. The van der Waals surface area contributed by atoms with Crippen molar-refractivity contribution >= 4 is 17.2 Å². The fourth-order valence-corrected chi connectivity index (χ4v) is 3.47. The van der Waals surface area contributed by atoms with Crippen molar-refractivity contribution in [3.05, 3.63) is 71.5 Å². The quantitative estimate of drug-likeness (QED) is 0.515. The molecular formula is C23H24N4O. The first-order valence-electron chi connectivity index (χ1n) is 9.47. The standard InChI is InChI=1S/C23H24N4O/c1-5-17-10-12-18(13-11-17)25-21-14-15(2)24-23-22(16(3)26-27(21)23)19-8-6-7-9-20(19)28-4/h6-14,25H,5H2,1-4H3. The second-order valence-electron chi connectivity index (χ2n) is 6.85. The second-order valence-corrected chi connectivity index (χ2v) is 6.85. The summed E-state index contributed by atoms with van der Waals surface area (Å²) in [7, 11) is 1.69. The van der Waals surface area contributed by atoms with E-state index in [0.29, 0.717) is 0 Å². The third kappa shape index (κ3) is 3.20. The number of aryl methyl sites for hydroxylation is 3. The molecule has 5 nitrogen and oxygen atoms in total. The van der Waals surface area contributed by atoms with E-state index in [1.807, 2.05) is 48.7 Å². The molecule has 0 bridgehead atoms. The van der Waals surface area contributed by atoms with E-state index in [2.05, 4.69) is 36.5 Å². The zero-order chi connectivity index (χ0) is 19.7. The highest BCUT2D eigenvalue weighted by atomic mass is 16.5. The van der Waals surface area contributed by atoms with Gasteiger partial charge in [0.2, 0.25) is 0 Å². The maximum Gasteiger partial charge on any atom is 0.165 e. The van der Waals surface area contributed by atoms with E-state index in [4.69, 9.17) is 14.8 Å². The molecule has 0 unspecified atom stereocenters. The molecule has 28 heavy (non-hydrogen) atoms. The minimum Gasteiger partial charge on any atom is -0.496 e. The lowest BCUT2D eigenvalue weighted by atomic mass is 10.1. The van der Waals surface area contributed by atoms with E-state index in [1.54, 1.807) is 7.11 Å². The Balaban J connectivity index is 1.85. The minimum absolute atomic E-state index is 0.813. The van der Waals surface area contributed by atoms with Crippen molar-refractivity contribution in [3.63, 3.8) is 0 Å². The van der Waals surface area contributed by atoms with Crippen LogP contribution in [0.2, 0.25) is 0 Å². The Morgan fingerprint density at radius 3 is 2.50 bits per heavy atom. The van der Waals surface area contributed by atoms with Crippen molar-refractivity contribution in [2.45, 2.75) is 27.2 Å². The average Bonchev–Trinajstić information content (AvgIpc) is 3.04. The number of hydrogen-bond acceptors (Lipinski definition) is 4. The summed E-state index contributed by atoms with van der Waals surface area (Å²) in [5.74, 6) is 1.70. The summed E-state index contributed by atoms with van der Waals surface area (Å²) in [4.78, 5) is 4.78. The molecule has 0 aliphatic heterocycles. The second kappa shape index (κ2) is 7.35. The number of benzene rings is 2. The van der Waals surface area contributed by atoms with Crippen molar-refractivity contribution < 1.29 is 4.74 Å². The molecular weight excluding hydrogens is 348 g/mol. The molecule has 142 valence electrons. The molecule has 0 radical (unpaired) electrons. The summed E-state index contributed by atoms with van der Waals surface area (Å²) in [5, 5.41) is 8.26. The van der Waals surface area contributed by atoms with Gasteiger partial charge >= 0.3 is 0 Å². The van der Waals surface area contributed by atoms with E-state index in [1.165, 1.54) is 5.56 Å². The molecule has 2 aromatic carbocycles. The number of methoxy groups -OCH3 is 1. The molecule has 1 N–H and O–H groups in total. The van der Waals surface area contributed by atoms with Gasteiger partial charge in [0.25, 0.3) is 0 Å². The molecule has 0 amide bonds. The first-order valence-corrected chi connectivity index (χ1v) is 9.47. The van der Waals surface area contributed by atoms with Gasteiger partial charge in [0, 0.05) is 23.0 Å². The Hall–Kier alpha value is -3.34. The van der Waals surface area contributed by atoms with E-state index < -0.39 is 0 Å². The lowest BCUT2D eigenvalue weighted by Gasteiger charge is -2.11. The van der Waals surface area contributed by atoms with E-state index in [9.17, 15) is 0 Å². The smallest absolute Gasteiger partial charge is 0.165 e. The fraction of sp³-hybridized carbons (Fsp3) is 0.217. The highest BCUT2D eigenvalue weighted by Crippen LogP contribution is 2.35. The summed E-state index contributed by atoms with van der Waals surface area (Å²) in [5.41, 5.74) is 6.98. The number of fused-ring (bicyclic) bond motifs is 1. The first-order chi connectivity index (χ1) is 13.6. The Bertz CT molecular complexity index is 1130. The topological polar surface area (TPSA) is 51.5 Å². The molecule has 5 heteroatoms. The summed E-state index contributed by atoms with van der Waals surface area (Å²) < 4.78 is 7.44. The molecule has 0 fully saturated rings. The van der Waals surface area contributed by atoms with Crippen LogP contribution >= 0.6 is 0 Å². The lowest BCUT2D eigenvalue weighted by Crippen LogP contribution is -2.02. The van der Waals surface area contributed by atoms with Crippen molar-refractivity contribution in [1.29, 1.82) is 0 Å². The first kappa shape index (κ1) is 18.0. The monoisotopic (exact) mass is 372 g/mol. The van der Waals surface area contributed by atoms with E-state index in [0.717, 1.165) is 51.8 Å². The van der Waals surface area contributed by atoms with Crippen molar-refractivity contribution in [1.82, 2.24) is 14.6 Å². The van der Waals surface area contributed by atoms with Gasteiger partial charge in [0.05, 0.1) is 18.4 Å². The molecule has 4 aromatic rings. The Morgan fingerprint density at radius 2 is 1.79 bits per heavy atom. The normalized spacial score (nSPS) is 11.0. The van der Waals surface area contributed by atoms with Gasteiger partial charge in [0.1, 0.15) is 11.6 Å². The Labute approximate surface area is 165 Å². The average molecular weight is 372 g/mol. The van der Waals surface area contributed by atoms with Crippen LogP contribution in [0.1, 0.15) is 23.9 Å². The van der Waals surface area contributed by atoms with Crippen LogP contribution in [0.15, 0.2) is 54.6 Å². The zero-order valence-corrected chi connectivity index (χ0v) is 16.7. The maximum atomic E-state index is 5.57. The largest absolute Gasteiger partial charge is 0.496 e. The molecule has 0 aliphatic rings. The number of nitrogens with zero attached hydrogens (tertiary/aromatic N) is 3. The van der Waals surface area contributed by atoms with E-state index >= 15 is 0 Å². The van der Waals surface area contributed by atoms with Crippen LogP contribution in [0.5, 0.6) is 5.75 Å². The Kier molecular flexibility index (Phi) is 4.74. The highest BCUT2D eigenvalue weighted by Gasteiger charge is 2.18. The van der Waals surface area contributed by atoms with Crippen molar-refractivity contribution in [2.24, 2.45) is 0 Å². The summed E-state index contributed by atoms with van der Waals surface area (Å²) in [6.07, 6.45) is 1.03. The number of anilines is 2. The van der Waals surface area contributed by atoms with Gasteiger partial charge < -0.3 is 10.1 Å². The highest BCUT2D eigenvalue weighted by molar-refractivity contribution is 5.84. The SMILES string of the molecule is CCc1ccc(Nc2cc(C)nc3c(-c4ccccc4OC)c(C)nn23)cc1. The molecule has 0 spiro atoms. The van der Waals surface area contributed by atoms with E-state index in [-0.39, 0.29) is 0 Å². The van der Waals surface area contributed by atoms with Crippen LogP contribution in [0.25, 0.3) is 16.8 Å². The molecule has 0 aliphatic carbocycles. The van der Waals surface area contributed by atoms with Crippen LogP contribution in [0.4, 0.5) is 11.5 Å². The van der Waals surface area contributed by atoms with Gasteiger partial charge in [-0.3, -0.25) is 0 Å². The molecule has 2 aromatic heterocycles. The van der Waals surface area contributed by atoms with Gasteiger partial charge in [-0.05, 0) is 44.0 Å². The van der Waals surface area contributed by atoms with Crippen LogP contribution < -0.4 is 10.1 Å². The third-order valence-corrected chi connectivity index (χ3v) is 4.90. The Morgan fingerprint density at radius 1 is 1.04 bits per heavy atom. The van der Waals surface area contributed by atoms with Crippen LogP contribution in [0, 0.1) is 13.8 Å². The molecule has 0 saturated carbocycles.